The molecule has 1 atom stereocenters. The first-order chi connectivity index (χ1) is 8.90. The second-order valence-electron chi connectivity index (χ2n) is 3.43. The van der Waals surface area contributed by atoms with Crippen LogP contribution in [-0.2, 0) is 8.57 Å². The molecule has 0 bridgehead atoms. The Balaban J connectivity index is 2.34. The Hall–Kier alpha value is -1.16. The maximum atomic E-state index is 10.7. The highest BCUT2D eigenvalue weighted by molar-refractivity contribution is 8.25. The lowest BCUT2D eigenvalue weighted by atomic mass is 10.2. The summed E-state index contributed by atoms with van der Waals surface area (Å²) in [5.74, 6) is 0.635. The van der Waals surface area contributed by atoms with Crippen molar-refractivity contribution in [2.45, 2.75) is 6.92 Å². The van der Waals surface area contributed by atoms with Crippen LogP contribution in [0.3, 0.4) is 0 Å². The molecule has 1 unspecified atom stereocenters. The zero-order valence-electron chi connectivity index (χ0n) is 9.99. The molecule has 1 aliphatic heterocycles. The van der Waals surface area contributed by atoms with Gasteiger partial charge in [0.2, 0.25) is 15.8 Å². The monoisotopic (exact) mass is 307 g/mol. The average Bonchev–Trinajstić information content (AvgIpc) is 2.69. The normalized spacial score (nSPS) is 19.1. The summed E-state index contributed by atoms with van der Waals surface area (Å²) in [5.41, 5.74) is 0.559. The predicted octanol–water partition coefficient (Wildman–Crippen LogP) is -1.37. The molecule has 1 aromatic rings. The summed E-state index contributed by atoms with van der Waals surface area (Å²) in [7, 11) is -4.48. The lowest BCUT2D eigenvalue weighted by Crippen LogP contribution is -2.60. The van der Waals surface area contributed by atoms with Crippen molar-refractivity contribution < 1.29 is 37.5 Å². The molecule has 0 aliphatic carbocycles. The first kappa shape index (κ1) is 14.3. The summed E-state index contributed by atoms with van der Waals surface area (Å²) in [6, 6.07) is 6.65. The van der Waals surface area contributed by atoms with Gasteiger partial charge in [-0.2, -0.15) is 14.0 Å². The van der Waals surface area contributed by atoms with Crippen LogP contribution < -0.4 is 18.7 Å². The molecule has 9 heteroatoms. The second kappa shape index (κ2) is 5.45. The van der Waals surface area contributed by atoms with Crippen LogP contribution in [0.25, 0.3) is 0 Å². The lowest BCUT2D eigenvalue weighted by Gasteiger charge is -2.12. The Kier molecular flexibility index (Phi) is 4.09. The molecule has 0 fully saturated rings. The van der Waals surface area contributed by atoms with E-state index in [1.54, 1.807) is 24.3 Å². The molecule has 2 rings (SSSR count). The number of hydrogen-bond donors (Lipinski definition) is 0. The van der Waals surface area contributed by atoms with Gasteiger partial charge in [0.1, 0.15) is 14.5 Å². The minimum atomic E-state index is -4.56. The number of ether oxygens (including phenoxy) is 1. The van der Waals surface area contributed by atoms with Crippen LogP contribution in [0, 0.1) is 10.2 Å². The summed E-state index contributed by atoms with van der Waals surface area (Å²) in [4.78, 5) is 5.03. The highest BCUT2D eigenvalue weighted by Crippen LogP contribution is 2.31. The zero-order valence-corrected chi connectivity index (χ0v) is 11.6. The summed E-state index contributed by atoms with van der Waals surface area (Å²) in [6.07, 6.45) is 0. The highest BCUT2D eigenvalue weighted by atomic mass is 35.7. The molecule has 0 N–H and O–H groups in total. The van der Waals surface area contributed by atoms with Crippen LogP contribution in [0.2, 0.25) is 0 Å². The topological polar surface area (TPSA) is 109 Å². The average molecular weight is 308 g/mol. The van der Waals surface area contributed by atoms with Crippen molar-refractivity contribution in [3.05, 3.63) is 29.8 Å². The zero-order chi connectivity index (χ0) is 14.0. The molecule has 0 amide bonds. The summed E-state index contributed by atoms with van der Waals surface area (Å²) in [6.45, 7) is 1.51. The lowest BCUT2D eigenvalue weighted by molar-refractivity contribution is -1.91. The minimum Gasteiger partial charge on any atom is -0.497 e. The Morgan fingerprint density at radius 2 is 1.84 bits per heavy atom. The van der Waals surface area contributed by atoms with Crippen LogP contribution in [0.4, 0.5) is 0 Å². The quantitative estimate of drug-likeness (QED) is 0.635. The molecule has 19 heavy (non-hydrogen) atoms. The third kappa shape index (κ3) is 3.44. The van der Waals surface area contributed by atoms with Gasteiger partial charge in [0.15, 0.2) is 0 Å². The number of nitrogens with zero attached hydrogens (tertiary/aromatic N) is 1. The van der Waals surface area contributed by atoms with Crippen molar-refractivity contribution in [2.24, 2.45) is 5.16 Å². The maximum absolute atomic E-state index is 10.7. The van der Waals surface area contributed by atoms with Crippen LogP contribution in [0.15, 0.2) is 29.4 Å². The first-order valence-corrected chi connectivity index (χ1v) is 7.37. The SMILES string of the molecule is COc1ccc(C2=S(O[Cl+3]([O-])([O-])[O-])C(C)=NO2)cc1. The largest absolute Gasteiger partial charge is 0.497 e. The van der Waals surface area contributed by atoms with E-state index >= 15 is 0 Å². The standard InChI is InChI=1S/C10H10ClNO6S/c1-7-12-17-10(19(7)18-11(13,14)15)8-3-5-9(16-2)6-4-8/h3-6H,1-2H3. The van der Waals surface area contributed by atoms with Gasteiger partial charge in [-0.15, -0.1) is 0 Å². The molecule has 0 spiro atoms. The number of oxime groups is 1. The van der Waals surface area contributed by atoms with Gasteiger partial charge in [0.05, 0.1) is 17.4 Å². The van der Waals surface area contributed by atoms with E-state index < -0.39 is 21.0 Å². The fourth-order valence-electron chi connectivity index (χ4n) is 1.35. The molecule has 0 radical (unpaired) electrons. The number of halogens is 1. The highest BCUT2D eigenvalue weighted by Gasteiger charge is 2.33. The number of hydrogen-bond acceptors (Lipinski definition) is 7. The van der Waals surface area contributed by atoms with Crippen molar-refractivity contribution in [1.29, 1.82) is 0 Å². The van der Waals surface area contributed by atoms with Crippen LogP contribution in [0.5, 0.6) is 5.75 Å². The van der Waals surface area contributed by atoms with E-state index in [0.29, 0.717) is 11.3 Å². The molecule has 1 heterocycles. The van der Waals surface area contributed by atoms with Gasteiger partial charge in [-0.1, -0.05) is 5.16 Å². The van der Waals surface area contributed by atoms with E-state index in [-0.39, 0.29) is 10.1 Å². The minimum absolute atomic E-state index is 0.173. The Morgan fingerprint density at radius 3 is 2.37 bits per heavy atom. The Morgan fingerprint density at radius 1 is 1.21 bits per heavy atom. The van der Waals surface area contributed by atoms with Crippen molar-refractivity contribution in [3.63, 3.8) is 0 Å². The van der Waals surface area contributed by atoms with Gasteiger partial charge in [-0.05, 0) is 31.2 Å². The van der Waals surface area contributed by atoms with Gasteiger partial charge >= 0.3 is 0 Å². The summed E-state index contributed by atoms with van der Waals surface area (Å²) >= 11 is 0. The number of benzene rings is 1. The number of rotatable bonds is 4. The Bertz CT molecular complexity index is 536. The second-order valence-corrected chi connectivity index (χ2v) is 6.19. The smallest absolute Gasteiger partial charge is 0.234 e. The maximum Gasteiger partial charge on any atom is 0.234 e. The molecule has 0 saturated heterocycles. The van der Waals surface area contributed by atoms with Crippen LogP contribution >= 0.6 is 10.8 Å². The van der Waals surface area contributed by atoms with Gasteiger partial charge in [-0.25, -0.2) is 0 Å². The van der Waals surface area contributed by atoms with Crippen molar-refractivity contribution >= 4 is 20.9 Å². The van der Waals surface area contributed by atoms with Crippen LogP contribution in [-0.4, -0.2) is 17.2 Å². The van der Waals surface area contributed by atoms with E-state index in [2.05, 4.69) is 8.89 Å². The van der Waals surface area contributed by atoms with Crippen molar-refractivity contribution in [1.82, 2.24) is 0 Å². The summed E-state index contributed by atoms with van der Waals surface area (Å²) in [5, 5.41) is 4.08. The van der Waals surface area contributed by atoms with Gasteiger partial charge in [0, 0.05) is 5.56 Å². The van der Waals surface area contributed by atoms with E-state index in [9.17, 15) is 14.0 Å². The van der Waals surface area contributed by atoms with E-state index in [1.165, 1.54) is 14.0 Å². The fourth-order valence-corrected chi connectivity index (χ4v) is 3.38. The molecular formula is C10H10ClNO6S. The Labute approximate surface area is 113 Å². The molecule has 1 aliphatic rings. The van der Waals surface area contributed by atoms with Gasteiger partial charge < -0.3 is 9.57 Å². The van der Waals surface area contributed by atoms with Gasteiger partial charge in [-0.3, -0.25) is 0 Å². The third-order valence-electron chi connectivity index (χ3n) is 2.16. The van der Waals surface area contributed by atoms with Gasteiger partial charge in [0.25, 0.3) is 0 Å². The van der Waals surface area contributed by atoms with Crippen LogP contribution in [0.1, 0.15) is 12.5 Å². The first-order valence-electron chi connectivity index (χ1n) is 4.99. The molecule has 104 valence electrons. The molecule has 0 aromatic heterocycles. The summed E-state index contributed by atoms with van der Waals surface area (Å²) < 4.78 is 41.4. The molecular weight excluding hydrogens is 298 g/mol. The van der Waals surface area contributed by atoms with E-state index in [1.807, 2.05) is 0 Å². The third-order valence-corrected chi connectivity index (χ3v) is 4.54. The van der Waals surface area contributed by atoms with E-state index in [4.69, 9.17) is 9.57 Å². The van der Waals surface area contributed by atoms with E-state index in [0.717, 1.165) is 0 Å². The van der Waals surface area contributed by atoms with Crippen molar-refractivity contribution in [2.75, 3.05) is 7.11 Å². The molecule has 0 saturated carbocycles. The fraction of sp³-hybridized carbons (Fsp3) is 0.200. The van der Waals surface area contributed by atoms with Crippen molar-refractivity contribution in [3.8, 4) is 5.75 Å². The predicted molar refractivity (Wildman–Crippen MR) is 60.0 cm³/mol. The molecule has 7 nitrogen and oxygen atoms in total. The molecule has 1 aromatic carbocycles. The number of methoxy groups -OCH3 is 1.